The molecule has 0 aliphatic carbocycles. The van der Waals surface area contributed by atoms with Crippen LogP contribution in [0.15, 0.2) is 24.5 Å². The number of aryl methyl sites for hydroxylation is 2. The number of anilines is 2. The Hall–Kier alpha value is -2.14. The molecule has 3 aromatic rings. The molecule has 0 saturated heterocycles. The van der Waals surface area contributed by atoms with Crippen molar-refractivity contribution in [2.75, 3.05) is 5.32 Å². The van der Waals surface area contributed by atoms with E-state index in [1.807, 2.05) is 32.0 Å². The molecule has 0 aliphatic heterocycles. The van der Waals surface area contributed by atoms with E-state index in [0.717, 1.165) is 39.8 Å². The van der Waals surface area contributed by atoms with Gasteiger partial charge in [0, 0.05) is 22.0 Å². The Kier molecular flexibility index (Phi) is 3.51. The molecule has 0 unspecified atom stereocenters. The zero-order chi connectivity index (χ0) is 15.0. The Balaban J connectivity index is 2.14. The van der Waals surface area contributed by atoms with Crippen molar-refractivity contribution in [3.8, 4) is 0 Å². The number of aromatic nitrogens is 4. The maximum Gasteiger partial charge on any atom is 0.254 e. The van der Waals surface area contributed by atoms with Crippen molar-refractivity contribution < 1.29 is 0 Å². The van der Waals surface area contributed by atoms with Gasteiger partial charge in [-0.1, -0.05) is 24.6 Å². The second-order valence-corrected chi connectivity index (χ2v) is 5.35. The van der Waals surface area contributed by atoms with Crippen LogP contribution in [0, 0.1) is 13.8 Å². The van der Waals surface area contributed by atoms with Crippen molar-refractivity contribution in [1.82, 2.24) is 19.6 Å². The van der Waals surface area contributed by atoms with Gasteiger partial charge in [0.2, 0.25) is 0 Å². The molecule has 108 valence electrons. The summed E-state index contributed by atoms with van der Waals surface area (Å²) < 4.78 is 1.72. The SMILES string of the molecule is CCc1c(C)nc2ncnn2c1Nc1ccc(C)c(Cl)c1. The molecule has 2 aromatic heterocycles. The number of hydrogen-bond donors (Lipinski definition) is 1. The number of rotatable bonds is 3. The van der Waals surface area contributed by atoms with E-state index in [1.165, 1.54) is 6.33 Å². The van der Waals surface area contributed by atoms with Crippen LogP contribution in [-0.4, -0.2) is 19.6 Å². The number of benzene rings is 1. The molecule has 0 bridgehead atoms. The Morgan fingerprint density at radius 2 is 2.10 bits per heavy atom. The Morgan fingerprint density at radius 3 is 2.81 bits per heavy atom. The van der Waals surface area contributed by atoms with Gasteiger partial charge in [0.1, 0.15) is 12.1 Å². The number of nitrogens with one attached hydrogen (secondary N) is 1. The second-order valence-electron chi connectivity index (χ2n) is 4.94. The van der Waals surface area contributed by atoms with Crippen molar-refractivity contribution in [2.24, 2.45) is 0 Å². The average Bonchev–Trinajstić information content (AvgIpc) is 2.91. The molecule has 0 spiro atoms. The summed E-state index contributed by atoms with van der Waals surface area (Å²) in [5.74, 6) is 1.47. The summed E-state index contributed by atoms with van der Waals surface area (Å²) in [6.45, 7) is 6.07. The van der Waals surface area contributed by atoms with E-state index in [2.05, 4.69) is 27.3 Å². The van der Waals surface area contributed by atoms with Crippen LogP contribution in [0.25, 0.3) is 5.78 Å². The lowest BCUT2D eigenvalue weighted by molar-refractivity contribution is 0.903. The molecular formula is C15H16ClN5. The quantitative estimate of drug-likeness (QED) is 0.801. The summed E-state index contributed by atoms with van der Waals surface area (Å²) in [6.07, 6.45) is 2.37. The number of hydrogen-bond acceptors (Lipinski definition) is 4. The van der Waals surface area contributed by atoms with Crippen molar-refractivity contribution in [1.29, 1.82) is 0 Å². The van der Waals surface area contributed by atoms with E-state index in [4.69, 9.17) is 11.6 Å². The summed E-state index contributed by atoms with van der Waals surface area (Å²) in [5, 5.41) is 8.38. The highest BCUT2D eigenvalue weighted by atomic mass is 35.5. The van der Waals surface area contributed by atoms with E-state index < -0.39 is 0 Å². The molecule has 0 aliphatic rings. The van der Waals surface area contributed by atoms with Crippen LogP contribution in [-0.2, 0) is 6.42 Å². The summed E-state index contributed by atoms with van der Waals surface area (Å²) >= 11 is 6.19. The molecule has 21 heavy (non-hydrogen) atoms. The molecule has 5 nitrogen and oxygen atoms in total. The van der Waals surface area contributed by atoms with Crippen LogP contribution in [0.2, 0.25) is 5.02 Å². The maximum atomic E-state index is 6.19. The standard InChI is InChI=1S/C15H16ClN5/c1-4-12-10(3)19-15-17-8-18-21(15)14(12)20-11-6-5-9(2)13(16)7-11/h5-8,20H,4H2,1-3H3. The maximum absolute atomic E-state index is 6.19. The third kappa shape index (κ3) is 2.45. The molecule has 0 amide bonds. The van der Waals surface area contributed by atoms with Crippen molar-refractivity contribution in [2.45, 2.75) is 27.2 Å². The normalized spacial score (nSPS) is 11.0. The van der Waals surface area contributed by atoms with Gasteiger partial charge in [-0.25, -0.2) is 4.98 Å². The highest BCUT2D eigenvalue weighted by molar-refractivity contribution is 6.31. The summed E-state index contributed by atoms with van der Waals surface area (Å²) in [4.78, 5) is 8.63. The van der Waals surface area contributed by atoms with Crippen LogP contribution >= 0.6 is 11.6 Å². The average molecular weight is 302 g/mol. The zero-order valence-corrected chi connectivity index (χ0v) is 12.9. The van der Waals surface area contributed by atoms with Gasteiger partial charge in [-0.05, 0) is 38.0 Å². The minimum atomic E-state index is 0.588. The van der Waals surface area contributed by atoms with Gasteiger partial charge in [0.05, 0.1) is 0 Å². The van der Waals surface area contributed by atoms with E-state index in [1.54, 1.807) is 4.52 Å². The highest BCUT2D eigenvalue weighted by Gasteiger charge is 2.13. The fraction of sp³-hybridized carbons (Fsp3) is 0.267. The zero-order valence-electron chi connectivity index (χ0n) is 12.2. The molecule has 1 aromatic carbocycles. The van der Waals surface area contributed by atoms with Gasteiger partial charge >= 0.3 is 0 Å². The molecule has 3 rings (SSSR count). The lowest BCUT2D eigenvalue weighted by Crippen LogP contribution is -2.08. The third-order valence-corrected chi connectivity index (χ3v) is 3.93. The van der Waals surface area contributed by atoms with E-state index in [9.17, 15) is 0 Å². The first-order valence-corrected chi connectivity index (χ1v) is 7.20. The van der Waals surface area contributed by atoms with Crippen molar-refractivity contribution >= 4 is 28.9 Å². The van der Waals surface area contributed by atoms with Crippen LogP contribution in [0.4, 0.5) is 11.5 Å². The first-order chi connectivity index (χ1) is 10.1. The third-order valence-electron chi connectivity index (χ3n) is 3.52. The molecule has 6 heteroatoms. The number of halogens is 1. The fourth-order valence-corrected chi connectivity index (χ4v) is 2.53. The van der Waals surface area contributed by atoms with Gasteiger partial charge in [0.25, 0.3) is 5.78 Å². The van der Waals surface area contributed by atoms with E-state index >= 15 is 0 Å². The summed E-state index contributed by atoms with van der Waals surface area (Å²) in [5.41, 5.74) is 4.04. The second kappa shape index (κ2) is 5.33. The minimum Gasteiger partial charge on any atom is -0.340 e. The van der Waals surface area contributed by atoms with Crippen molar-refractivity contribution in [3.05, 3.63) is 46.4 Å². The van der Waals surface area contributed by atoms with Crippen LogP contribution in [0.5, 0.6) is 0 Å². The highest BCUT2D eigenvalue weighted by Crippen LogP contribution is 2.26. The lowest BCUT2D eigenvalue weighted by atomic mass is 10.1. The predicted molar refractivity (Wildman–Crippen MR) is 84.4 cm³/mol. The topological polar surface area (TPSA) is 55.1 Å². The first-order valence-electron chi connectivity index (χ1n) is 6.82. The van der Waals surface area contributed by atoms with Gasteiger partial charge in [-0.3, -0.25) is 0 Å². The molecule has 0 saturated carbocycles. The molecule has 0 fully saturated rings. The fourth-order valence-electron chi connectivity index (χ4n) is 2.35. The molecule has 0 atom stereocenters. The van der Waals surface area contributed by atoms with E-state index in [-0.39, 0.29) is 0 Å². The van der Waals surface area contributed by atoms with Crippen molar-refractivity contribution in [3.63, 3.8) is 0 Å². The Labute approximate surface area is 128 Å². The minimum absolute atomic E-state index is 0.588. The molecule has 2 heterocycles. The van der Waals surface area contributed by atoms with E-state index in [0.29, 0.717) is 5.78 Å². The Bertz CT molecular complexity index is 809. The largest absolute Gasteiger partial charge is 0.340 e. The first kappa shape index (κ1) is 13.8. The van der Waals surface area contributed by atoms with Crippen LogP contribution < -0.4 is 5.32 Å². The molecule has 0 radical (unpaired) electrons. The van der Waals surface area contributed by atoms with Gasteiger partial charge in [-0.2, -0.15) is 14.6 Å². The van der Waals surface area contributed by atoms with Crippen LogP contribution in [0.3, 0.4) is 0 Å². The number of fused-ring (bicyclic) bond motifs is 1. The summed E-state index contributed by atoms with van der Waals surface area (Å²) in [7, 11) is 0. The van der Waals surface area contributed by atoms with Gasteiger partial charge in [-0.15, -0.1) is 0 Å². The lowest BCUT2D eigenvalue weighted by Gasteiger charge is -2.14. The molecular weight excluding hydrogens is 286 g/mol. The summed E-state index contributed by atoms with van der Waals surface area (Å²) in [6, 6.07) is 5.90. The number of nitrogens with zero attached hydrogens (tertiary/aromatic N) is 4. The smallest absolute Gasteiger partial charge is 0.254 e. The monoisotopic (exact) mass is 301 g/mol. The van der Waals surface area contributed by atoms with Gasteiger partial charge in [0.15, 0.2) is 0 Å². The predicted octanol–water partition coefficient (Wildman–Crippen LogP) is 3.70. The molecule has 1 N–H and O–H groups in total. The Morgan fingerprint density at radius 1 is 1.29 bits per heavy atom. The van der Waals surface area contributed by atoms with Crippen LogP contribution in [0.1, 0.15) is 23.7 Å². The van der Waals surface area contributed by atoms with Gasteiger partial charge < -0.3 is 5.32 Å².